The fourth-order valence-electron chi connectivity index (χ4n) is 1.69. The lowest BCUT2D eigenvalue weighted by Crippen LogP contribution is -2.14. The van der Waals surface area contributed by atoms with Gasteiger partial charge in [-0.2, -0.15) is 0 Å². The molecule has 5 heteroatoms. The predicted molar refractivity (Wildman–Crippen MR) is 70.4 cm³/mol. The van der Waals surface area contributed by atoms with Crippen LogP contribution in [0, 0.1) is 0 Å². The van der Waals surface area contributed by atoms with E-state index < -0.39 is 0 Å². The SMILES string of the molecule is CCNCc1c(SCCO)nc2ccccn12. The van der Waals surface area contributed by atoms with Gasteiger partial charge in [-0.05, 0) is 18.7 Å². The fourth-order valence-corrected chi connectivity index (χ4v) is 2.47. The first kappa shape index (κ1) is 12.4. The Kier molecular flexibility index (Phi) is 4.42. The van der Waals surface area contributed by atoms with Crippen LogP contribution in [0.15, 0.2) is 29.4 Å². The summed E-state index contributed by atoms with van der Waals surface area (Å²) < 4.78 is 2.10. The summed E-state index contributed by atoms with van der Waals surface area (Å²) in [5, 5.41) is 13.2. The fraction of sp³-hybridized carbons (Fsp3) is 0.417. The van der Waals surface area contributed by atoms with Gasteiger partial charge in [0.15, 0.2) is 0 Å². The molecule has 0 spiro atoms. The summed E-state index contributed by atoms with van der Waals surface area (Å²) in [4.78, 5) is 4.58. The molecule has 0 aliphatic carbocycles. The quantitative estimate of drug-likeness (QED) is 0.764. The maximum Gasteiger partial charge on any atom is 0.138 e. The van der Waals surface area contributed by atoms with Gasteiger partial charge in [-0.25, -0.2) is 4.98 Å². The van der Waals surface area contributed by atoms with Crippen LogP contribution >= 0.6 is 11.8 Å². The Hall–Kier alpha value is -1.04. The number of nitrogens with one attached hydrogen (secondary N) is 1. The molecule has 2 N–H and O–H groups in total. The summed E-state index contributed by atoms with van der Waals surface area (Å²) in [6.07, 6.45) is 2.03. The van der Waals surface area contributed by atoms with Crippen molar-refractivity contribution in [2.24, 2.45) is 0 Å². The van der Waals surface area contributed by atoms with Crippen LogP contribution in [0.4, 0.5) is 0 Å². The number of imidazole rings is 1. The van der Waals surface area contributed by atoms with E-state index in [0.717, 1.165) is 23.8 Å². The zero-order valence-corrected chi connectivity index (χ0v) is 10.7. The highest BCUT2D eigenvalue weighted by Gasteiger charge is 2.11. The van der Waals surface area contributed by atoms with Crippen LogP contribution in [-0.4, -0.2) is 33.4 Å². The monoisotopic (exact) mass is 251 g/mol. The van der Waals surface area contributed by atoms with Gasteiger partial charge < -0.3 is 14.8 Å². The molecule has 2 rings (SSSR count). The number of nitrogens with zero attached hydrogens (tertiary/aromatic N) is 2. The number of hydrogen-bond donors (Lipinski definition) is 2. The van der Waals surface area contributed by atoms with Crippen LogP contribution in [0.25, 0.3) is 5.65 Å². The van der Waals surface area contributed by atoms with Gasteiger partial charge in [0, 0.05) is 18.5 Å². The number of aliphatic hydroxyl groups is 1. The Labute approximate surface area is 105 Å². The molecule has 17 heavy (non-hydrogen) atoms. The highest BCUT2D eigenvalue weighted by molar-refractivity contribution is 7.99. The van der Waals surface area contributed by atoms with Crippen molar-refractivity contribution in [2.45, 2.75) is 18.5 Å². The first-order valence-electron chi connectivity index (χ1n) is 5.77. The maximum absolute atomic E-state index is 8.90. The van der Waals surface area contributed by atoms with Crippen LogP contribution in [0.3, 0.4) is 0 Å². The third-order valence-corrected chi connectivity index (χ3v) is 3.45. The Morgan fingerprint density at radius 1 is 1.47 bits per heavy atom. The molecule has 2 aromatic rings. The molecule has 0 atom stereocenters. The van der Waals surface area contributed by atoms with Gasteiger partial charge in [-0.3, -0.25) is 0 Å². The number of aromatic nitrogens is 2. The molecule has 4 nitrogen and oxygen atoms in total. The van der Waals surface area contributed by atoms with Gasteiger partial charge >= 0.3 is 0 Å². The van der Waals surface area contributed by atoms with E-state index in [4.69, 9.17) is 5.11 Å². The molecule has 92 valence electrons. The summed E-state index contributed by atoms with van der Waals surface area (Å²) in [5.41, 5.74) is 2.13. The lowest BCUT2D eigenvalue weighted by molar-refractivity contribution is 0.322. The number of hydrogen-bond acceptors (Lipinski definition) is 4. The highest BCUT2D eigenvalue weighted by Crippen LogP contribution is 2.23. The molecule has 0 saturated carbocycles. The van der Waals surface area contributed by atoms with Gasteiger partial charge in [-0.1, -0.05) is 13.0 Å². The number of rotatable bonds is 6. The second-order valence-electron chi connectivity index (χ2n) is 3.64. The number of fused-ring (bicyclic) bond motifs is 1. The molecule has 0 unspecified atom stereocenters. The van der Waals surface area contributed by atoms with Crippen molar-refractivity contribution in [3.05, 3.63) is 30.1 Å². The van der Waals surface area contributed by atoms with Crippen molar-refractivity contribution in [2.75, 3.05) is 18.9 Å². The predicted octanol–water partition coefficient (Wildman–Crippen LogP) is 1.53. The van der Waals surface area contributed by atoms with Gasteiger partial charge in [0.25, 0.3) is 0 Å². The second-order valence-corrected chi connectivity index (χ2v) is 4.73. The van der Waals surface area contributed by atoms with Crippen LogP contribution in [0.1, 0.15) is 12.6 Å². The van der Waals surface area contributed by atoms with E-state index in [1.165, 1.54) is 5.69 Å². The Morgan fingerprint density at radius 3 is 3.12 bits per heavy atom. The number of pyridine rings is 1. The van der Waals surface area contributed by atoms with Crippen LogP contribution < -0.4 is 5.32 Å². The molecule has 0 aliphatic rings. The molecule has 0 radical (unpaired) electrons. The van der Waals surface area contributed by atoms with Crippen LogP contribution in [0.2, 0.25) is 0 Å². The lowest BCUT2D eigenvalue weighted by atomic mass is 10.4. The molecule has 0 saturated heterocycles. The molecule has 0 fully saturated rings. The maximum atomic E-state index is 8.90. The number of thioether (sulfide) groups is 1. The Morgan fingerprint density at radius 2 is 2.35 bits per heavy atom. The van der Waals surface area contributed by atoms with E-state index in [9.17, 15) is 0 Å². The summed E-state index contributed by atoms with van der Waals surface area (Å²) in [7, 11) is 0. The Balaban J connectivity index is 2.34. The van der Waals surface area contributed by atoms with E-state index >= 15 is 0 Å². The van der Waals surface area contributed by atoms with E-state index in [2.05, 4.69) is 21.6 Å². The molecule has 0 aliphatic heterocycles. The Bertz CT molecular complexity index is 484. The summed E-state index contributed by atoms with van der Waals surface area (Å²) in [6.45, 7) is 4.00. The van der Waals surface area contributed by atoms with Gasteiger partial charge in [-0.15, -0.1) is 11.8 Å². The van der Waals surface area contributed by atoms with Crippen LogP contribution in [0.5, 0.6) is 0 Å². The standard InChI is InChI=1S/C12H17N3OS/c1-2-13-9-10-12(17-8-7-16)14-11-5-3-4-6-15(10)11/h3-6,13,16H,2,7-9H2,1H3. The van der Waals surface area contributed by atoms with Crippen molar-refractivity contribution >= 4 is 17.4 Å². The third-order valence-electron chi connectivity index (χ3n) is 2.46. The average molecular weight is 251 g/mol. The molecule has 2 heterocycles. The van der Waals surface area contributed by atoms with E-state index in [1.807, 2.05) is 24.4 Å². The third kappa shape index (κ3) is 2.80. The van der Waals surface area contributed by atoms with E-state index in [-0.39, 0.29) is 6.61 Å². The number of aliphatic hydroxyl groups excluding tert-OH is 1. The van der Waals surface area contributed by atoms with Gasteiger partial charge in [0.05, 0.1) is 12.3 Å². The summed E-state index contributed by atoms with van der Waals surface area (Å²) in [6, 6.07) is 5.99. The van der Waals surface area contributed by atoms with Crippen molar-refractivity contribution in [3.63, 3.8) is 0 Å². The summed E-state index contributed by atoms with van der Waals surface area (Å²) in [5.74, 6) is 0.684. The van der Waals surface area contributed by atoms with E-state index in [0.29, 0.717) is 5.75 Å². The van der Waals surface area contributed by atoms with Gasteiger partial charge in [0.1, 0.15) is 10.7 Å². The minimum absolute atomic E-state index is 0.180. The molecule has 0 aromatic carbocycles. The molecular weight excluding hydrogens is 234 g/mol. The van der Waals surface area contributed by atoms with E-state index in [1.54, 1.807) is 11.8 Å². The average Bonchev–Trinajstić information content (AvgIpc) is 2.71. The van der Waals surface area contributed by atoms with Crippen molar-refractivity contribution in [1.29, 1.82) is 0 Å². The van der Waals surface area contributed by atoms with Gasteiger partial charge in [0.2, 0.25) is 0 Å². The first-order chi connectivity index (χ1) is 8.36. The molecular formula is C12H17N3OS. The van der Waals surface area contributed by atoms with Crippen molar-refractivity contribution < 1.29 is 5.11 Å². The highest BCUT2D eigenvalue weighted by atomic mass is 32.2. The minimum atomic E-state index is 0.180. The largest absolute Gasteiger partial charge is 0.396 e. The van der Waals surface area contributed by atoms with Crippen molar-refractivity contribution in [1.82, 2.24) is 14.7 Å². The smallest absolute Gasteiger partial charge is 0.138 e. The lowest BCUT2D eigenvalue weighted by Gasteiger charge is -2.04. The summed E-state index contributed by atoms with van der Waals surface area (Å²) >= 11 is 1.60. The molecule has 2 aromatic heterocycles. The zero-order valence-electron chi connectivity index (χ0n) is 9.89. The van der Waals surface area contributed by atoms with Crippen molar-refractivity contribution in [3.8, 4) is 0 Å². The first-order valence-corrected chi connectivity index (χ1v) is 6.75. The topological polar surface area (TPSA) is 49.6 Å². The second kappa shape index (κ2) is 6.05. The molecule has 0 bridgehead atoms. The minimum Gasteiger partial charge on any atom is -0.396 e. The molecule has 0 amide bonds. The van der Waals surface area contributed by atoms with Crippen LogP contribution in [-0.2, 0) is 6.54 Å². The zero-order chi connectivity index (χ0) is 12.1. The normalized spacial score (nSPS) is 11.2.